The average Bonchev–Trinajstić information content (AvgIpc) is 2.87. The second kappa shape index (κ2) is 11.9. The highest BCUT2D eigenvalue weighted by atomic mass is 16.5. The number of hydrogen-bond acceptors (Lipinski definition) is 6. The number of hydrogen-bond donors (Lipinski definition) is 1. The standard InChI is InChI=1S/C28H30N2O5/c1-4-5-6-17-35-23-13-9-21(10-14-23)26(31)25-19(2)24(18-29)27(32)30(28(25)33)16-15-20-7-11-22(34-3)12-8-20/h7-14,33H,4-6,15-17H2,1-3H3. The van der Waals surface area contributed by atoms with Crippen LogP contribution in [0.1, 0.15) is 58.8 Å². The van der Waals surface area contributed by atoms with Gasteiger partial charge in [-0.1, -0.05) is 31.9 Å². The van der Waals surface area contributed by atoms with E-state index < -0.39 is 17.2 Å². The minimum atomic E-state index is -0.622. The Hall–Kier alpha value is -4.05. The average molecular weight is 475 g/mol. The molecule has 3 aromatic rings. The fraction of sp³-hybridized carbons (Fsp3) is 0.321. The molecule has 1 aromatic heterocycles. The molecule has 2 aromatic carbocycles. The summed E-state index contributed by atoms with van der Waals surface area (Å²) < 4.78 is 11.9. The Morgan fingerprint density at radius 2 is 1.71 bits per heavy atom. The minimum Gasteiger partial charge on any atom is -0.497 e. The van der Waals surface area contributed by atoms with Gasteiger partial charge in [-0.05, 0) is 67.3 Å². The van der Waals surface area contributed by atoms with E-state index in [9.17, 15) is 20.0 Å². The van der Waals surface area contributed by atoms with Crippen molar-refractivity contribution in [2.75, 3.05) is 13.7 Å². The van der Waals surface area contributed by atoms with Crippen molar-refractivity contribution in [3.8, 4) is 23.4 Å². The first-order valence-electron chi connectivity index (χ1n) is 11.7. The second-order valence-electron chi connectivity index (χ2n) is 8.27. The molecule has 0 fully saturated rings. The topological polar surface area (TPSA) is 102 Å². The fourth-order valence-corrected chi connectivity index (χ4v) is 3.85. The third-order valence-corrected chi connectivity index (χ3v) is 5.94. The second-order valence-corrected chi connectivity index (χ2v) is 8.27. The van der Waals surface area contributed by atoms with Gasteiger partial charge in [-0.2, -0.15) is 5.26 Å². The van der Waals surface area contributed by atoms with Crippen molar-refractivity contribution in [2.45, 2.75) is 46.1 Å². The van der Waals surface area contributed by atoms with Crippen LogP contribution in [-0.2, 0) is 13.0 Å². The normalized spacial score (nSPS) is 10.6. The number of rotatable bonds is 11. The predicted molar refractivity (Wildman–Crippen MR) is 133 cm³/mol. The van der Waals surface area contributed by atoms with Crippen LogP contribution in [0, 0.1) is 18.3 Å². The van der Waals surface area contributed by atoms with Crippen LogP contribution >= 0.6 is 0 Å². The van der Waals surface area contributed by atoms with E-state index in [1.165, 1.54) is 6.92 Å². The maximum absolute atomic E-state index is 13.3. The monoisotopic (exact) mass is 474 g/mol. The number of benzene rings is 2. The molecular weight excluding hydrogens is 444 g/mol. The summed E-state index contributed by atoms with van der Waals surface area (Å²) in [4.78, 5) is 26.2. The summed E-state index contributed by atoms with van der Waals surface area (Å²) in [5.74, 6) is 0.457. The zero-order valence-electron chi connectivity index (χ0n) is 20.3. The van der Waals surface area contributed by atoms with Crippen LogP contribution in [0.2, 0.25) is 0 Å². The van der Waals surface area contributed by atoms with Gasteiger partial charge >= 0.3 is 0 Å². The lowest BCUT2D eigenvalue weighted by molar-refractivity contribution is 0.103. The van der Waals surface area contributed by atoms with Gasteiger partial charge in [0.2, 0.25) is 5.88 Å². The van der Waals surface area contributed by atoms with Crippen LogP contribution in [0.4, 0.5) is 0 Å². The highest BCUT2D eigenvalue weighted by Crippen LogP contribution is 2.26. The number of aryl methyl sites for hydroxylation is 1. The third-order valence-electron chi connectivity index (χ3n) is 5.94. The SMILES string of the molecule is CCCCCOc1ccc(C(=O)c2c(C)c(C#N)c(=O)n(CCc3ccc(OC)cc3)c2O)cc1. The largest absolute Gasteiger partial charge is 0.497 e. The van der Waals surface area contributed by atoms with Crippen molar-refractivity contribution >= 4 is 5.78 Å². The van der Waals surface area contributed by atoms with E-state index >= 15 is 0 Å². The number of carbonyl (C=O) groups is 1. The Morgan fingerprint density at radius 1 is 1.06 bits per heavy atom. The van der Waals surface area contributed by atoms with Crippen molar-refractivity contribution in [3.05, 3.63) is 86.7 Å². The number of pyridine rings is 1. The Morgan fingerprint density at radius 3 is 2.31 bits per heavy atom. The third kappa shape index (κ3) is 5.90. The van der Waals surface area contributed by atoms with Crippen molar-refractivity contribution in [3.63, 3.8) is 0 Å². The summed E-state index contributed by atoms with van der Waals surface area (Å²) in [6, 6.07) is 15.9. The lowest BCUT2D eigenvalue weighted by atomic mass is 9.97. The molecule has 182 valence electrons. The number of nitriles is 1. The Bertz CT molecular complexity index is 1270. The Balaban J connectivity index is 1.89. The van der Waals surface area contributed by atoms with E-state index in [1.807, 2.05) is 18.2 Å². The van der Waals surface area contributed by atoms with Gasteiger partial charge in [-0.3, -0.25) is 14.2 Å². The number of carbonyl (C=O) groups excluding carboxylic acids is 1. The maximum atomic E-state index is 13.3. The summed E-state index contributed by atoms with van der Waals surface area (Å²) in [5, 5.41) is 20.6. The summed E-state index contributed by atoms with van der Waals surface area (Å²) >= 11 is 0. The maximum Gasteiger partial charge on any atom is 0.271 e. The van der Waals surface area contributed by atoms with Crippen LogP contribution in [0.3, 0.4) is 0 Å². The number of aromatic nitrogens is 1. The van der Waals surface area contributed by atoms with E-state index in [4.69, 9.17) is 9.47 Å². The highest BCUT2D eigenvalue weighted by Gasteiger charge is 2.25. The summed E-state index contributed by atoms with van der Waals surface area (Å²) in [6.07, 6.45) is 3.57. The molecule has 0 aliphatic rings. The van der Waals surface area contributed by atoms with E-state index in [0.717, 1.165) is 29.4 Å². The van der Waals surface area contributed by atoms with Crippen LogP contribution in [-0.4, -0.2) is 29.2 Å². The van der Waals surface area contributed by atoms with Gasteiger partial charge < -0.3 is 14.6 Å². The molecule has 7 heteroatoms. The van der Waals surface area contributed by atoms with Gasteiger partial charge in [0.25, 0.3) is 5.56 Å². The van der Waals surface area contributed by atoms with Crippen LogP contribution < -0.4 is 15.0 Å². The highest BCUT2D eigenvalue weighted by molar-refractivity contribution is 6.11. The van der Waals surface area contributed by atoms with Gasteiger partial charge in [0.15, 0.2) is 5.78 Å². The number of methoxy groups -OCH3 is 1. The lowest BCUT2D eigenvalue weighted by Gasteiger charge is -2.16. The lowest BCUT2D eigenvalue weighted by Crippen LogP contribution is -2.27. The van der Waals surface area contributed by atoms with Crippen molar-refractivity contribution in [1.29, 1.82) is 5.26 Å². The molecule has 0 spiro atoms. The van der Waals surface area contributed by atoms with Crippen molar-refractivity contribution < 1.29 is 19.4 Å². The first-order valence-corrected chi connectivity index (χ1v) is 11.7. The molecule has 0 unspecified atom stereocenters. The molecule has 0 amide bonds. The number of ketones is 1. The quantitative estimate of drug-likeness (QED) is 0.317. The molecule has 0 bridgehead atoms. The predicted octanol–water partition coefficient (Wildman–Crippen LogP) is 4.79. The number of nitrogens with zero attached hydrogens (tertiary/aromatic N) is 2. The molecule has 7 nitrogen and oxygen atoms in total. The van der Waals surface area contributed by atoms with E-state index in [-0.39, 0.29) is 23.2 Å². The first-order chi connectivity index (χ1) is 16.9. The van der Waals surface area contributed by atoms with E-state index in [2.05, 4.69) is 6.92 Å². The molecule has 3 rings (SSSR count). The van der Waals surface area contributed by atoms with Gasteiger partial charge in [0, 0.05) is 12.1 Å². The van der Waals surface area contributed by atoms with Gasteiger partial charge in [0.05, 0.1) is 19.3 Å². The molecule has 0 atom stereocenters. The molecule has 1 heterocycles. The zero-order valence-corrected chi connectivity index (χ0v) is 20.3. The van der Waals surface area contributed by atoms with Crippen LogP contribution in [0.25, 0.3) is 0 Å². The number of ether oxygens (including phenoxy) is 2. The molecule has 0 radical (unpaired) electrons. The number of aromatic hydroxyl groups is 1. The first kappa shape index (κ1) is 25.6. The van der Waals surface area contributed by atoms with Gasteiger partial charge in [0.1, 0.15) is 23.1 Å². The smallest absolute Gasteiger partial charge is 0.271 e. The van der Waals surface area contributed by atoms with Crippen LogP contribution in [0.15, 0.2) is 53.3 Å². The Kier molecular flexibility index (Phi) is 8.69. The molecule has 1 N–H and O–H groups in total. The van der Waals surface area contributed by atoms with Crippen molar-refractivity contribution in [2.24, 2.45) is 0 Å². The molecular formula is C28H30N2O5. The van der Waals surface area contributed by atoms with Gasteiger partial charge in [-0.15, -0.1) is 0 Å². The molecule has 35 heavy (non-hydrogen) atoms. The fourth-order valence-electron chi connectivity index (χ4n) is 3.85. The van der Waals surface area contributed by atoms with Crippen molar-refractivity contribution in [1.82, 2.24) is 4.57 Å². The summed E-state index contributed by atoms with van der Waals surface area (Å²) in [5.41, 5.74) is 0.584. The van der Waals surface area contributed by atoms with Gasteiger partial charge in [-0.25, -0.2) is 0 Å². The minimum absolute atomic E-state index is 0.0486. The molecule has 0 aliphatic heterocycles. The Labute approximate surface area is 205 Å². The molecule has 0 saturated heterocycles. The van der Waals surface area contributed by atoms with Crippen LogP contribution in [0.5, 0.6) is 17.4 Å². The molecule has 0 aliphatic carbocycles. The van der Waals surface area contributed by atoms with E-state index in [1.54, 1.807) is 43.5 Å². The summed E-state index contributed by atoms with van der Waals surface area (Å²) in [6.45, 7) is 4.34. The zero-order chi connectivity index (χ0) is 25.4. The summed E-state index contributed by atoms with van der Waals surface area (Å²) in [7, 11) is 1.58. The molecule has 0 saturated carbocycles. The number of unbranched alkanes of at least 4 members (excludes halogenated alkanes) is 2. The van der Waals surface area contributed by atoms with E-state index in [0.29, 0.717) is 30.1 Å².